The van der Waals surface area contributed by atoms with Gasteiger partial charge in [0, 0.05) is 37.0 Å². The number of nitrogens with one attached hydrogen (secondary N) is 1. The smallest absolute Gasteiger partial charge is 0.273 e. The van der Waals surface area contributed by atoms with Gasteiger partial charge in [0.25, 0.3) is 5.91 Å². The van der Waals surface area contributed by atoms with Gasteiger partial charge in [0.15, 0.2) is 5.69 Å². The first-order valence-corrected chi connectivity index (χ1v) is 10.7. The number of aromatic nitrogens is 3. The Bertz CT molecular complexity index is 1080. The molecule has 4 rings (SSSR count). The molecule has 1 unspecified atom stereocenters. The van der Waals surface area contributed by atoms with Gasteiger partial charge in [-0.3, -0.25) is 9.59 Å². The van der Waals surface area contributed by atoms with Gasteiger partial charge in [-0.25, -0.2) is 4.68 Å². The summed E-state index contributed by atoms with van der Waals surface area (Å²) in [5, 5.41) is 11.6. The molecule has 160 valence electrons. The Labute approximate surface area is 186 Å². The molecular weight excluding hydrogens is 414 g/mol. The summed E-state index contributed by atoms with van der Waals surface area (Å²) in [5.74, 6) is -0.0604. The molecule has 1 atom stereocenters. The predicted molar refractivity (Wildman–Crippen MR) is 118 cm³/mol. The highest BCUT2D eigenvalue weighted by atomic mass is 35.5. The highest BCUT2D eigenvalue weighted by molar-refractivity contribution is 6.30. The summed E-state index contributed by atoms with van der Waals surface area (Å²) >= 11 is 6.05. The third kappa shape index (κ3) is 4.94. The third-order valence-corrected chi connectivity index (χ3v) is 5.76. The quantitative estimate of drug-likeness (QED) is 0.616. The van der Waals surface area contributed by atoms with Gasteiger partial charge >= 0.3 is 0 Å². The zero-order valence-electron chi connectivity index (χ0n) is 17.3. The number of nitrogens with zero attached hydrogens (tertiary/aromatic N) is 4. The SMILES string of the molecule is Cc1c(C(=O)NCC2CC(=O)N(CCc3ccccc3)C2)nnn1-c1cccc(Cl)c1. The van der Waals surface area contributed by atoms with Crippen molar-refractivity contribution in [2.75, 3.05) is 19.6 Å². The number of likely N-dealkylation sites (tertiary alicyclic amines) is 1. The summed E-state index contributed by atoms with van der Waals surface area (Å²) in [5.41, 5.74) is 2.86. The summed E-state index contributed by atoms with van der Waals surface area (Å²) in [6.07, 6.45) is 1.28. The summed E-state index contributed by atoms with van der Waals surface area (Å²) in [6, 6.07) is 17.3. The van der Waals surface area contributed by atoms with E-state index in [0.29, 0.717) is 36.8 Å². The lowest BCUT2D eigenvalue weighted by molar-refractivity contribution is -0.127. The van der Waals surface area contributed by atoms with Gasteiger partial charge in [-0.15, -0.1) is 5.10 Å². The average Bonchev–Trinajstić information content (AvgIpc) is 3.33. The maximum atomic E-state index is 12.7. The lowest BCUT2D eigenvalue weighted by atomic mass is 10.1. The fraction of sp³-hybridized carbons (Fsp3) is 0.304. The fourth-order valence-corrected chi connectivity index (χ4v) is 4.01. The van der Waals surface area contributed by atoms with Gasteiger partial charge in [-0.2, -0.15) is 0 Å². The van der Waals surface area contributed by atoms with Crippen molar-refractivity contribution in [3.8, 4) is 5.69 Å². The minimum Gasteiger partial charge on any atom is -0.350 e. The number of carbonyl (C=O) groups is 2. The van der Waals surface area contributed by atoms with Crippen molar-refractivity contribution in [2.45, 2.75) is 19.8 Å². The number of hydrogen-bond acceptors (Lipinski definition) is 4. The van der Waals surface area contributed by atoms with Crippen LogP contribution in [0.25, 0.3) is 5.69 Å². The van der Waals surface area contributed by atoms with Gasteiger partial charge in [0.05, 0.1) is 11.4 Å². The van der Waals surface area contributed by atoms with E-state index in [9.17, 15) is 9.59 Å². The van der Waals surface area contributed by atoms with E-state index in [-0.39, 0.29) is 23.4 Å². The zero-order valence-corrected chi connectivity index (χ0v) is 18.0. The molecule has 1 aromatic heterocycles. The van der Waals surface area contributed by atoms with E-state index in [4.69, 9.17) is 11.6 Å². The molecule has 0 saturated carbocycles. The third-order valence-electron chi connectivity index (χ3n) is 5.52. The Hall–Kier alpha value is -3.19. The minimum atomic E-state index is -0.291. The Morgan fingerprint density at radius 1 is 1.19 bits per heavy atom. The zero-order chi connectivity index (χ0) is 21.8. The van der Waals surface area contributed by atoms with Crippen molar-refractivity contribution in [3.63, 3.8) is 0 Å². The van der Waals surface area contributed by atoms with Crippen molar-refractivity contribution in [3.05, 3.63) is 76.6 Å². The maximum absolute atomic E-state index is 12.7. The van der Waals surface area contributed by atoms with Crippen molar-refractivity contribution in [1.82, 2.24) is 25.2 Å². The molecule has 0 bridgehead atoms. The van der Waals surface area contributed by atoms with E-state index < -0.39 is 0 Å². The van der Waals surface area contributed by atoms with E-state index in [0.717, 1.165) is 12.1 Å². The van der Waals surface area contributed by atoms with Gasteiger partial charge in [-0.05, 0) is 37.1 Å². The monoisotopic (exact) mass is 437 g/mol. The number of benzene rings is 2. The molecule has 1 aliphatic rings. The highest BCUT2D eigenvalue weighted by Crippen LogP contribution is 2.19. The molecule has 31 heavy (non-hydrogen) atoms. The van der Waals surface area contributed by atoms with Crippen LogP contribution < -0.4 is 5.32 Å². The molecule has 7 nitrogen and oxygen atoms in total. The molecule has 0 spiro atoms. The molecule has 1 N–H and O–H groups in total. The van der Waals surface area contributed by atoms with Crippen molar-refractivity contribution < 1.29 is 9.59 Å². The van der Waals surface area contributed by atoms with Crippen molar-refractivity contribution in [1.29, 1.82) is 0 Å². The van der Waals surface area contributed by atoms with Crippen LogP contribution in [0.3, 0.4) is 0 Å². The molecule has 8 heteroatoms. The predicted octanol–water partition coefficient (Wildman–Crippen LogP) is 3.05. The summed E-state index contributed by atoms with van der Waals surface area (Å²) in [6.45, 7) is 3.57. The second-order valence-electron chi connectivity index (χ2n) is 7.77. The van der Waals surface area contributed by atoms with Crippen LogP contribution in [0.15, 0.2) is 54.6 Å². The van der Waals surface area contributed by atoms with Crippen LogP contribution in [0, 0.1) is 12.8 Å². The average molecular weight is 438 g/mol. The molecule has 3 aromatic rings. The minimum absolute atomic E-state index is 0.0931. The molecule has 1 aliphatic heterocycles. The van der Waals surface area contributed by atoms with Crippen LogP contribution >= 0.6 is 11.6 Å². The molecule has 2 amide bonds. The van der Waals surface area contributed by atoms with Crippen LogP contribution in [0.1, 0.15) is 28.2 Å². The number of rotatable bonds is 7. The number of amides is 2. The Morgan fingerprint density at radius 2 is 2.00 bits per heavy atom. The molecule has 1 saturated heterocycles. The topological polar surface area (TPSA) is 80.1 Å². The Kier molecular flexibility index (Phi) is 6.32. The van der Waals surface area contributed by atoms with Crippen molar-refractivity contribution >= 4 is 23.4 Å². The first kappa shape index (κ1) is 21.1. The van der Waals surface area contributed by atoms with Crippen LogP contribution in [0.2, 0.25) is 5.02 Å². The highest BCUT2D eigenvalue weighted by Gasteiger charge is 2.30. The number of halogens is 1. The first-order chi connectivity index (χ1) is 15.0. The molecular formula is C23H24ClN5O2. The summed E-state index contributed by atoms with van der Waals surface area (Å²) in [4.78, 5) is 26.9. The van der Waals surface area contributed by atoms with Crippen LogP contribution in [-0.2, 0) is 11.2 Å². The van der Waals surface area contributed by atoms with Gasteiger partial charge in [0.2, 0.25) is 5.91 Å². The van der Waals surface area contributed by atoms with Crippen LogP contribution in [0.5, 0.6) is 0 Å². The molecule has 1 fully saturated rings. The molecule has 2 heterocycles. The van der Waals surface area contributed by atoms with E-state index in [2.05, 4.69) is 27.8 Å². The van der Waals surface area contributed by atoms with Crippen molar-refractivity contribution in [2.24, 2.45) is 5.92 Å². The second-order valence-corrected chi connectivity index (χ2v) is 8.21. The summed E-state index contributed by atoms with van der Waals surface area (Å²) in [7, 11) is 0. The van der Waals surface area contributed by atoms with Gasteiger partial charge in [0.1, 0.15) is 0 Å². The Balaban J connectivity index is 1.31. The normalized spacial score (nSPS) is 16.0. The second kappa shape index (κ2) is 9.31. The summed E-state index contributed by atoms with van der Waals surface area (Å²) < 4.78 is 1.59. The van der Waals surface area contributed by atoms with Crippen LogP contribution in [-0.4, -0.2) is 51.3 Å². The number of carbonyl (C=O) groups excluding carboxylic acids is 2. The molecule has 0 aliphatic carbocycles. The molecule has 0 radical (unpaired) electrons. The maximum Gasteiger partial charge on any atom is 0.273 e. The lowest BCUT2D eigenvalue weighted by Gasteiger charge is -2.16. The standard InChI is InChI=1S/C23H24ClN5O2/c1-16-22(26-27-29(16)20-9-5-8-19(24)13-20)23(31)25-14-18-12-21(30)28(15-18)11-10-17-6-3-2-4-7-17/h2-9,13,18H,10-12,14-15H2,1H3,(H,25,31). The Morgan fingerprint density at radius 3 is 2.77 bits per heavy atom. The van der Waals surface area contributed by atoms with Gasteiger partial charge < -0.3 is 10.2 Å². The van der Waals surface area contributed by atoms with E-state index in [1.54, 1.807) is 23.7 Å². The number of hydrogen-bond donors (Lipinski definition) is 1. The van der Waals surface area contributed by atoms with E-state index in [1.807, 2.05) is 35.2 Å². The molecule has 2 aromatic carbocycles. The van der Waals surface area contributed by atoms with Gasteiger partial charge in [-0.1, -0.05) is 53.2 Å². The van der Waals surface area contributed by atoms with Crippen LogP contribution in [0.4, 0.5) is 0 Å². The first-order valence-electron chi connectivity index (χ1n) is 10.3. The van der Waals surface area contributed by atoms with E-state index in [1.165, 1.54) is 5.56 Å². The largest absolute Gasteiger partial charge is 0.350 e. The van der Waals surface area contributed by atoms with E-state index >= 15 is 0 Å². The lowest BCUT2D eigenvalue weighted by Crippen LogP contribution is -2.32. The fourth-order valence-electron chi connectivity index (χ4n) is 3.83.